The Labute approximate surface area is 197 Å². The molecule has 6 rings (SSSR count). The van der Waals surface area contributed by atoms with Crippen LogP contribution >= 0.6 is 23.4 Å². The molecule has 166 valence electrons. The van der Waals surface area contributed by atoms with Crippen LogP contribution in [-0.2, 0) is 4.79 Å². The molecule has 33 heavy (non-hydrogen) atoms. The monoisotopic (exact) mass is 480 g/mol. The van der Waals surface area contributed by atoms with Crippen LogP contribution in [0.15, 0.2) is 69.5 Å². The van der Waals surface area contributed by atoms with Gasteiger partial charge in [-0.15, -0.1) is 0 Å². The lowest BCUT2D eigenvalue weighted by molar-refractivity contribution is -0.130. The minimum Gasteiger partial charge on any atom is -0.463 e. The van der Waals surface area contributed by atoms with Crippen LogP contribution in [0.5, 0.6) is 11.5 Å². The van der Waals surface area contributed by atoms with E-state index in [1.54, 1.807) is 12.3 Å². The normalized spacial score (nSPS) is 17.1. The maximum atomic E-state index is 13.3. The molecule has 2 aliphatic rings. The summed E-state index contributed by atoms with van der Waals surface area (Å²) in [6.45, 7) is 0.194. The van der Waals surface area contributed by atoms with E-state index < -0.39 is 0 Å². The third-order valence-electron chi connectivity index (χ3n) is 5.51. The summed E-state index contributed by atoms with van der Waals surface area (Å²) >= 11 is 7.38. The molecule has 0 bridgehead atoms. The lowest BCUT2D eigenvalue weighted by atomic mass is 10.0. The molecule has 4 aromatic rings. The third-order valence-corrected chi connectivity index (χ3v) is 6.60. The average molecular weight is 481 g/mol. The number of imidazole rings is 1. The summed E-state index contributed by atoms with van der Waals surface area (Å²) in [5.74, 6) is 2.05. The topological polar surface area (TPSA) is 93.0 Å². The Morgan fingerprint density at radius 1 is 1.18 bits per heavy atom. The summed E-state index contributed by atoms with van der Waals surface area (Å²) in [5, 5.41) is 7.43. The summed E-state index contributed by atoms with van der Waals surface area (Å²) in [6, 6.07) is 14.5. The molecule has 4 heterocycles. The van der Waals surface area contributed by atoms with E-state index in [-0.39, 0.29) is 24.5 Å². The van der Waals surface area contributed by atoms with E-state index in [1.807, 2.05) is 42.5 Å². The number of thioether (sulfide) groups is 1. The number of furan rings is 1. The van der Waals surface area contributed by atoms with E-state index in [2.05, 4.69) is 15.1 Å². The van der Waals surface area contributed by atoms with Crippen LogP contribution in [0.4, 0.5) is 0 Å². The maximum Gasteiger partial charge on any atom is 0.253 e. The zero-order valence-electron chi connectivity index (χ0n) is 17.2. The molecule has 0 spiro atoms. The van der Waals surface area contributed by atoms with Gasteiger partial charge in [0.25, 0.3) is 5.91 Å². The van der Waals surface area contributed by atoms with Crippen molar-refractivity contribution in [1.82, 2.24) is 15.0 Å². The van der Waals surface area contributed by atoms with Gasteiger partial charge in [-0.1, -0.05) is 29.4 Å². The number of aromatic nitrogens is 2. The summed E-state index contributed by atoms with van der Waals surface area (Å²) in [5.41, 5.74) is 3.27. The quantitative estimate of drug-likeness (QED) is 0.404. The predicted molar refractivity (Wildman–Crippen MR) is 124 cm³/mol. The number of carbonyl (C=O) groups excluding carboxylic acids is 1. The van der Waals surface area contributed by atoms with Gasteiger partial charge in [0.05, 0.1) is 29.1 Å². The molecule has 0 saturated carbocycles. The molecule has 8 nitrogen and oxygen atoms in total. The second kappa shape index (κ2) is 8.17. The molecule has 2 aliphatic heterocycles. The van der Waals surface area contributed by atoms with E-state index in [1.165, 1.54) is 16.8 Å². The van der Waals surface area contributed by atoms with E-state index in [0.717, 1.165) is 22.3 Å². The van der Waals surface area contributed by atoms with E-state index in [4.69, 9.17) is 25.5 Å². The first-order valence-corrected chi connectivity index (χ1v) is 11.6. The van der Waals surface area contributed by atoms with Crippen LogP contribution in [0.1, 0.15) is 23.8 Å². The standard InChI is InChI=1S/C23H17ClN4O4S/c24-14-4-5-15-16(9-14)26-23(25-15)33-11-22(29)28-18(10-17(27-28)19-2-1-7-30-19)13-3-6-20-21(8-13)32-12-31-20/h1-9,18H,10-12H2,(H,25,26). The number of rotatable bonds is 5. The lowest BCUT2D eigenvalue weighted by Crippen LogP contribution is -2.28. The Morgan fingerprint density at radius 3 is 2.97 bits per heavy atom. The molecule has 0 radical (unpaired) electrons. The molecule has 2 aromatic heterocycles. The number of benzene rings is 2. The van der Waals surface area contributed by atoms with Crippen molar-refractivity contribution < 1.29 is 18.7 Å². The van der Waals surface area contributed by atoms with Gasteiger partial charge in [0, 0.05) is 11.4 Å². The Morgan fingerprint density at radius 2 is 2.09 bits per heavy atom. The first kappa shape index (κ1) is 20.2. The molecule has 1 N–H and O–H groups in total. The largest absolute Gasteiger partial charge is 0.463 e. The number of halogens is 1. The van der Waals surface area contributed by atoms with Crippen molar-refractivity contribution in [3.05, 3.63) is 71.1 Å². The van der Waals surface area contributed by atoms with Crippen molar-refractivity contribution in [2.45, 2.75) is 17.6 Å². The number of H-pyrrole nitrogens is 1. The van der Waals surface area contributed by atoms with Gasteiger partial charge in [-0.3, -0.25) is 4.79 Å². The highest BCUT2D eigenvalue weighted by atomic mass is 35.5. The molecule has 1 atom stereocenters. The van der Waals surface area contributed by atoms with Crippen LogP contribution in [0.2, 0.25) is 5.02 Å². The van der Waals surface area contributed by atoms with E-state index in [0.29, 0.717) is 33.9 Å². The van der Waals surface area contributed by atoms with Gasteiger partial charge >= 0.3 is 0 Å². The second-order valence-electron chi connectivity index (χ2n) is 7.59. The fraction of sp³-hybridized carbons (Fsp3) is 0.174. The van der Waals surface area contributed by atoms with Gasteiger partial charge < -0.3 is 18.9 Å². The van der Waals surface area contributed by atoms with Gasteiger partial charge in [-0.2, -0.15) is 5.10 Å². The lowest BCUT2D eigenvalue weighted by Gasteiger charge is -2.22. The number of ether oxygens (including phenoxy) is 2. The number of fused-ring (bicyclic) bond motifs is 2. The predicted octanol–water partition coefficient (Wildman–Crippen LogP) is 5.01. The number of amides is 1. The Hall–Kier alpha value is -3.43. The zero-order valence-corrected chi connectivity index (χ0v) is 18.7. The van der Waals surface area contributed by atoms with Crippen LogP contribution in [0, 0.1) is 0 Å². The Balaban J connectivity index is 1.25. The summed E-state index contributed by atoms with van der Waals surface area (Å²) < 4.78 is 16.5. The molecular formula is C23H17ClN4O4S. The van der Waals surface area contributed by atoms with Crippen LogP contribution in [0.3, 0.4) is 0 Å². The van der Waals surface area contributed by atoms with Gasteiger partial charge in [-0.25, -0.2) is 9.99 Å². The number of hydrogen-bond donors (Lipinski definition) is 1. The molecule has 0 saturated heterocycles. The number of aromatic amines is 1. The van der Waals surface area contributed by atoms with Crippen molar-refractivity contribution in [2.24, 2.45) is 5.10 Å². The highest BCUT2D eigenvalue weighted by Gasteiger charge is 2.35. The van der Waals surface area contributed by atoms with Gasteiger partial charge in [0.2, 0.25) is 6.79 Å². The third kappa shape index (κ3) is 3.83. The highest BCUT2D eigenvalue weighted by Crippen LogP contribution is 2.39. The average Bonchev–Trinajstić information content (AvgIpc) is 3.61. The van der Waals surface area contributed by atoms with Crippen molar-refractivity contribution in [3.63, 3.8) is 0 Å². The smallest absolute Gasteiger partial charge is 0.253 e. The summed E-state index contributed by atoms with van der Waals surface area (Å²) in [7, 11) is 0. The first-order valence-electron chi connectivity index (χ1n) is 10.2. The van der Waals surface area contributed by atoms with Crippen LogP contribution < -0.4 is 9.47 Å². The minimum absolute atomic E-state index is 0.136. The Bertz CT molecular complexity index is 1380. The van der Waals surface area contributed by atoms with Crippen molar-refractivity contribution >= 4 is 46.0 Å². The molecule has 1 amide bonds. The van der Waals surface area contributed by atoms with Gasteiger partial charge in [-0.05, 0) is 48.0 Å². The summed E-state index contributed by atoms with van der Waals surface area (Å²) in [6.07, 6.45) is 2.13. The van der Waals surface area contributed by atoms with E-state index in [9.17, 15) is 4.79 Å². The van der Waals surface area contributed by atoms with Crippen molar-refractivity contribution in [3.8, 4) is 11.5 Å². The minimum atomic E-state index is -0.276. The number of carbonyl (C=O) groups is 1. The first-order chi connectivity index (χ1) is 16.1. The molecule has 0 fully saturated rings. The molecular weight excluding hydrogens is 464 g/mol. The number of nitrogens with one attached hydrogen (secondary N) is 1. The molecule has 1 unspecified atom stereocenters. The second-order valence-corrected chi connectivity index (χ2v) is 8.99. The van der Waals surface area contributed by atoms with Crippen molar-refractivity contribution in [1.29, 1.82) is 0 Å². The number of nitrogens with zero attached hydrogens (tertiary/aromatic N) is 3. The fourth-order valence-corrected chi connectivity index (χ4v) is 4.84. The van der Waals surface area contributed by atoms with Gasteiger partial charge in [0.15, 0.2) is 16.7 Å². The zero-order chi connectivity index (χ0) is 22.4. The molecule has 0 aliphatic carbocycles. The number of hydrogen-bond acceptors (Lipinski definition) is 7. The fourth-order valence-electron chi connectivity index (χ4n) is 3.93. The number of hydrazone groups is 1. The van der Waals surface area contributed by atoms with Crippen LogP contribution in [-0.4, -0.2) is 39.1 Å². The SMILES string of the molecule is O=C(CSc1nc2ccc(Cl)cc2[nH]1)N1N=C(c2ccco2)CC1c1ccc2c(c1)OCO2. The highest BCUT2D eigenvalue weighted by molar-refractivity contribution is 7.99. The summed E-state index contributed by atoms with van der Waals surface area (Å²) in [4.78, 5) is 21.0. The molecule has 2 aromatic carbocycles. The maximum absolute atomic E-state index is 13.3. The van der Waals surface area contributed by atoms with Gasteiger partial charge in [0.1, 0.15) is 11.5 Å². The molecule has 10 heteroatoms. The van der Waals surface area contributed by atoms with E-state index >= 15 is 0 Å². The Kier molecular flexibility index (Phi) is 5.00. The van der Waals surface area contributed by atoms with Crippen molar-refractivity contribution in [2.75, 3.05) is 12.5 Å². The van der Waals surface area contributed by atoms with Crippen LogP contribution in [0.25, 0.3) is 11.0 Å².